The molecule has 1 N–H and O–H groups in total. The zero-order valence-corrected chi connectivity index (χ0v) is 23.3. The highest BCUT2D eigenvalue weighted by atomic mass is 35.5. The van der Waals surface area contributed by atoms with Crippen molar-refractivity contribution in [1.29, 1.82) is 0 Å². The van der Waals surface area contributed by atoms with Crippen LogP contribution in [0.5, 0.6) is 0 Å². The van der Waals surface area contributed by atoms with Crippen molar-refractivity contribution in [3.05, 3.63) is 73.7 Å². The highest BCUT2D eigenvalue weighted by molar-refractivity contribution is 6.48. The number of rotatable bonds is 9. The minimum absolute atomic E-state index is 0.180. The van der Waals surface area contributed by atoms with Gasteiger partial charge < -0.3 is 5.32 Å². The summed E-state index contributed by atoms with van der Waals surface area (Å²) >= 11 is 17.4. The molecule has 0 fully saturated rings. The minimum atomic E-state index is -5.11. The maximum atomic E-state index is 13.8. The number of carbonyl (C=O) groups excluding carboxylic acids is 2. The van der Waals surface area contributed by atoms with Gasteiger partial charge >= 0.3 is 18.5 Å². The van der Waals surface area contributed by atoms with Crippen molar-refractivity contribution in [2.24, 2.45) is 5.92 Å². The first kappa shape index (κ1) is 34.8. The number of benzene rings is 2. The molecule has 0 aliphatic carbocycles. The molecule has 41 heavy (non-hydrogen) atoms. The van der Waals surface area contributed by atoms with Gasteiger partial charge in [0.1, 0.15) is 5.78 Å². The Balaban J connectivity index is 2.33. The molecule has 0 aromatic heterocycles. The molecule has 0 bridgehead atoms. The topological polar surface area (TPSA) is 46.2 Å². The Labute approximate surface area is 243 Å². The van der Waals surface area contributed by atoms with Crippen LogP contribution in [0.15, 0.2) is 36.4 Å². The fourth-order valence-corrected chi connectivity index (χ4v) is 4.40. The fourth-order valence-electron chi connectivity index (χ4n) is 3.79. The van der Waals surface area contributed by atoms with Crippen LogP contribution in [0.2, 0.25) is 15.1 Å². The van der Waals surface area contributed by atoms with E-state index in [1.54, 1.807) is 0 Å². The second-order valence-electron chi connectivity index (χ2n) is 9.25. The predicted octanol–water partition coefficient (Wildman–Crippen LogP) is 9.69. The first-order valence-corrected chi connectivity index (χ1v) is 12.7. The Morgan fingerprint density at radius 2 is 1.46 bits per heavy atom. The average Bonchev–Trinajstić information content (AvgIpc) is 2.79. The quantitative estimate of drug-likeness (QED) is 0.216. The van der Waals surface area contributed by atoms with Crippen LogP contribution in [0.3, 0.4) is 0 Å². The van der Waals surface area contributed by atoms with E-state index in [-0.39, 0.29) is 20.6 Å². The van der Waals surface area contributed by atoms with Crippen LogP contribution in [0.1, 0.15) is 59.7 Å². The van der Waals surface area contributed by atoms with Gasteiger partial charge in [-0.1, -0.05) is 59.9 Å². The number of amides is 1. The molecule has 2 aromatic carbocycles. The van der Waals surface area contributed by atoms with E-state index in [4.69, 9.17) is 34.8 Å². The largest absolute Gasteiger partial charge is 0.417 e. The SMILES string of the molecule is CC(CC(F)(F)F)C(=O)C[C@@H](C)NC(=O)c1ccc(/C=C/C(c2cc(Cl)c(Cl)c(Cl)c2)C(F)(F)F)cc1C(F)(F)F. The van der Waals surface area contributed by atoms with Crippen molar-refractivity contribution in [2.45, 2.75) is 57.2 Å². The van der Waals surface area contributed by atoms with Crippen molar-refractivity contribution in [3.63, 3.8) is 0 Å². The van der Waals surface area contributed by atoms with Crippen LogP contribution in [0.25, 0.3) is 6.08 Å². The molecular weight excluding hydrogens is 636 g/mol. The molecule has 226 valence electrons. The van der Waals surface area contributed by atoms with Crippen molar-refractivity contribution < 1.29 is 49.1 Å². The van der Waals surface area contributed by atoms with Gasteiger partial charge in [0, 0.05) is 18.4 Å². The van der Waals surface area contributed by atoms with Gasteiger partial charge in [0.05, 0.1) is 38.5 Å². The summed E-state index contributed by atoms with van der Waals surface area (Å²) in [5.41, 5.74) is -3.14. The van der Waals surface area contributed by atoms with E-state index in [1.165, 1.54) is 6.92 Å². The Morgan fingerprint density at radius 1 is 0.902 bits per heavy atom. The van der Waals surface area contributed by atoms with Gasteiger partial charge in [-0.15, -0.1) is 0 Å². The Hall–Kier alpha value is -2.44. The normalized spacial score (nSPS) is 15.1. The van der Waals surface area contributed by atoms with E-state index in [9.17, 15) is 49.1 Å². The molecule has 2 aromatic rings. The molecule has 0 radical (unpaired) electrons. The number of allylic oxidation sites excluding steroid dienone is 1. The van der Waals surface area contributed by atoms with E-state index >= 15 is 0 Å². The van der Waals surface area contributed by atoms with Gasteiger partial charge in [-0.05, 0) is 42.3 Å². The fraction of sp³-hybridized carbons (Fsp3) is 0.385. The monoisotopic (exact) mass is 655 g/mol. The summed E-state index contributed by atoms with van der Waals surface area (Å²) in [4.78, 5) is 24.6. The summed E-state index contributed by atoms with van der Waals surface area (Å²) in [5.74, 6) is -5.89. The van der Waals surface area contributed by atoms with E-state index in [0.29, 0.717) is 12.1 Å². The van der Waals surface area contributed by atoms with Gasteiger partial charge in [0.25, 0.3) is 5.91 Å². The average molecular weight is 657 g/mol. The molecule has 0 saturated heterocycles. The van der Waals surface area contributed by atoms with E-state index in [2.05, 4.69) is 5.32 Å². The standard InChI is InChI=1S/C26H21Cl3F9NO2/c1-12(11-24(30,31)32)21(40)7-13(2)39-23(41)16-5-3-14(8-18(16)26(36,37)38)4-6-17(25(33,34)35)15-9-19(27)22(29)20(28)10-15/h3-6,8-10,12-13,17H,7,11H2,1-2H3,(H,39,41)/b6-4+/t12?,13-,17?/m1/s1. The summed E-state index contributed by atoms with van der Waals surface area (Å²) in [6, 6.07) is 2.89. The van der Waals surface area contributed by atoms with Gasteiger partial charge in [-0.3, -0.25) is 9.59 Å². The van der Waals surface area contributed by atoms with Gasteiger partial charge in [-0.25, -0.2) is 0 Å². The first-order chi connectivity index (χ1) is 18.6. The van der Waals surface area contributed by atoms with Crippen LogP contribution < -0.4 is 5.32 Å². The molecule has 0 aliphatic heterocycles. The van der Waals surface area contributed by atoms with Crippen molar-refractivity contribution in [2.75, 3.05) is 0 Å². The maximum absolute atomic E-state index is 13.8. The van der Waals surface area contributed by atoms with Crippen molar-refractivity contribution in [3.8, 4) is 0 Å². The highest BCUT2D eigenvalue weighted by Gasteiger charge is 2.40. The zero-order chi connectivity index (χ0) is 31.5. The number of nitrogens with one attached hydrogen (secondary N) is 1. The molecule has 3 atom stereocenters. The number of alkyl halides is 9. The van der Waals surface area contributed by atoms with Crippen molar-refractivity contribution in [1.82, 2.24) is 5.32 Å². The Kier molecular flexibility index (Phi) is 11.2. The molecule has 0 saturated carbocycles. The Morgan fingerprint density at radius 3 is 1.95 bits per heavy atom. The molecule has 3 nitrogen and oxygen atoms in total. The van der Waals surface area contributed by atoms with E-state index in [0.717, 1.165) is 37.3 Å². The number of ketones is 1. The summed E-state index contributed by atoms with van der Waals surface area (Å²) < 4.78 is 120. The van der Waals surface area contributed by atoms with Crippen LogP contribution in [0, 0.1) is 5.92 Å². The second kappa shape index (κ2) is 13.2. The van der Waals surface area contributed by atoms with Gasteiger partial charge in [0.15, 0.2) is 0 Å². The number of hydrogen-bond donors (Lipinski definition) is 1. The number of halogens is 12. The molecule has 1 amide bonds. The van der Waals surface area contributed by atoms with Gasteiger partial charge in [-0.2, -0.15) is 39.5 Å². The highest BCUT2D eigenvalue weighted by Crippen LogP contribution is 2.41. The lowest BCUT2D eigenvalue weighted by molar-refractivity contribution is -0.152. The molecule has 2 unspecified atom stereocenters. The smallest absolute Gasteiger partial charge is 0.349 e. The van der Waals surface area contributed by atoms with Crippen LogP contribution in [-0.4, -0.2) is 30.1 Å². The van der Waals surface area contributed by atoms with E-state index < -0.39 is 77.6 Å². The van der Waals surface area contributed by atoms with Crippen LogP contribution >= 0.6 is 34.8 Å². The minimum Gasteiger partial charge on any atom is -0.349 e. The lowest BCUT2D eigenvalue weighted by atomic mass is 9.95. The Bertz CT molecular complexity index is 1280. The summed E-state index contributed by atoms with van der Waals surface area (Å²) in [6.45, 7) is 2.27. The summed E-state index contributed by atoms with van der Waals surface area (Å²) in [5, 5.41) is 1.43. The molecule has 0 heterocycles. The third-order valence-corrected chi connectivity index (χ3v) is 6.96. The van der Waals surface area contributed by atoms with Crippen LogP contribution in [0.4, 0.5) is 39.5 Å². The van der Waals surface area contributed by atoms with Crippen LogP contribution in [-0.2, 0) is 11.0 Å². The number of carbonyl (C=O) groups is 2. The number of hydrogen-bond acceptors (Lipinski definition) is 2. The summed E-state index contributed by atoms with van der Waals surface area (Å²) in [7, 11) is 0. The molecule has 0 aliphatic rings. The van der Waals surface area contributed by atoms with Crippen molar-refractivity contribution >= 4 is 52.6 Å². The molecular formula is C26H21Cl3F9NO2. The zero-order valence-electron chi connectivity index (χ0n) is 21.0. The second-order valence-corrected chi connectivity index (χ2v) is 10.4. The van der Waals surface area contributed by atoms with Gasteiger partial charge in [0.2, 0.25) is 0 Å². The van der Waals surface area contributed by atoms with E-state index in [1.807, 2.05) is 0 Å². The number of Topliss-reactive ketones (excluding diaryl/α,β-unsaturated/α-hetero) is 1. The third kappa shape index (κ3) is 10.1. The lowest BCUT2D eigenvalue weighted by Crippen LogP contribution is -2.36. The third-order valence-electron chi connectivity index (χ3n) is 5.76. The lowest BCUT2D eigenvalue weighted by Gasteiger charge is -2.19. The maximum Gasteiger partial charge on any atom is 0.417 e. The molecule has 0 spiro atoms. The predicted molar refractivity (Wildman–Crippen MR) is 137 cm³/mol. The molecule has 2 rings (SSSR count). The summed E-state index contributed by atoms with van der Waals surface area (Å²) in [6.07, 6.45) is -15.2. The molecule has 15 heteroatoms. The first-order valence-electron chi connectivity index (χ1n) is 11.6.